The smallest absolute Gasteiger partial charge is 0.292 e. The first-order chi connectivity index (χ1) is 13.0. The van der Waals surface area contributed by atoms with E-state index in [4.69, 9.17) is 37.4 Å². The summed E-state index contributed by atoms with van der Waals surface area (Å²) in [5.41, 5.74) is 1.54. The van der Waals surface area contributed by atoms with Crippen molar-refractivity contribution in [3.63, 3.8) is 0 Å². The van der Waals surface area contributed by atoms with Crippen LogP contribution in [0.25, 0.3) is 0 Å². The van der Waals surface area contributed by atoms with Crippen molar-refractivity contribution in [2.75, 3.05) is 31.3 Å². The van der Waals surface area contributed by atoms with Crippen LogP contribution in [0.5, 0.6) is 5.75 Å². The van der Waals surface area contributed by atoms with Gasteiger partial charge in [-0.1, -0.05) is 39.1 Å². The van der Waals surface area contributed by atoms with E-state index >= 15 is 0 Å². The van der Waals surface area contributed by atoms with Gasteiger partial charge in [0.2, 0.25) is 0 Å². The summed E-state index contributed by atoms with van der Waals surface area (Å²) in [6.07, 6.45) is 0.621. The third-order valence-corrected chi connectivity index (χ3v) is 5.53. The van der Waals surface area contributed by atoms with Gasteiger partial charge in [-0.25, -0.2) is 0 Å². The minimum absolute atomic E-state index is 0.197. The zero-order valence-electron chi connectivity index (χ0n) is 14.2. The fourth-order valence-corrected chi connectivity index (χ4v) is 4.14. The van der Waals surface area contributed by atoms with Gasteiger partial charge in [0.15, 0.2) is 0 Å². The molecular formula is C19H16BrCl2NO4. The van der Waals surface area contributed by atoms with Gasteiger partial charge in [0, 0.05) is 21.6 Å². The molecule has 5 nitrogen and oxygen atoms in total. The Labute approximate surface area is 175 Å². The molecule has 2 aliphatic rings. The largest absolute Gasteiger partial charge is 0.492 e. The topological polar surface area (TPSA) is 48.0 Å². The van der Waals surface area contributed by atoms with Crippen LogP contribution >= 0.6 is 39.1 Å². The molecule has 1 saturated heterocycles. The van der Waals surface area contributed by atoms with E-state index in [-0.39, 0.29) is 5.91 Å². The summed E-state index contributed by atoms with van der Waals surface area (Å²) in [6, 6.07) is 10.8. The quantitative estimate of drug-likeness (QED) is 0.588. The molecule has 0 atom stereocenters. The summed E-state index contributed by atoms with van der Waals surface area (Å²) >= 11 is 15.5. The van der Waals surface area contributed by atoms with Gasteiger partial charge in [-0.05, 0) is 42.8 Å². The second kappa shape index (κ2) is 7.60. The van der Waals surface area contributed by atoms with Crippen LogP contribution in [0, 0.1) is 0 Å². The van der Waals surface area contributed by atoms with E-state index in [1.54, 1.807) is 23.1 Å². The van der Waals surface area contributed by atoms with Gasteiger partial charge in [-0.15, -0.1) is 0 Å². The maximum Gasteiger partial charge on any atom is 0.292 e. The van der Waals surface area contributed by atoms with Gasteiger partial charge in [0.1, 0.15) is 5.75 Å². The highest BCUT2D eigenvalue weighted by Gasteiger charge is 2.55. The summed E-state index contributed by atoms with van der Waals surface area (Å²) in [4.78, 5) is 14.7. The Bertz CT molecular complexity index is 886. The predicted octanol–water partition coefficient (Wildman–Crippen LogP) is 4.77. The third-order valence-electron chi connectivity index (χ3n) is 4.50. The number of halogens is 3. The number of hydrogen-bond acceptors (Lipinski definition) is 4. The molecule has 2 heterocycles. The van der Waals surface area contributed by atoms with Crippen LogP contribution in [0.2, 0.25) is 10.0 Å². The Kier molecular flexibility index (Phi) is 5.36. The Balaban J connectivity index is 1.46. The lowest BCUT2D eigenvalue weighted by Gasteiger charge is -2.22. The number of carbonyl (C=O) groups excluding carboxylic acids is 1. The number of carbonyl (C=O) groups is 1. The highest BCUT2D eigenvalue weighted by molar-refractivity contribution is 9.10. The molecule has 1 amide bonds. The SMILES string of the molecule is O=C1N(CCCOc2ccc(Cl)cc2Cl)c2ccc(Br)cc2C12OCCO2. The number of amides is 1. The first kappa shape index (κ1) is 19.0. The summed E-state index contributed by atoms with van der Waals surface area (Å²) in [5, 5.41) is 1.02. The molecule has 0 aromatic heterocycles. The first-order valence-corrected chi connectivity index (χ1v) is 10.0. The van der Waals surface area contributed by atoms with Crippen LogP contribution in [0.15, 0.2) is 40.9 Å². The molecule has 0 radical (unpaired) electrons. The van der Waals surface area contributed by atoms with E-state index in [1.807, 2.05) is 18.2 Å². The minimum atomic E-state index is -1.32. The Morgan fingerprint density at radius 3 is 2.67 bits per heavy atom. The second-order valence-corrected chi connectivity index (χ2v) is 7.97. The van der Waals surface area contributed by atoms with Crippen molar-refractivity contribution in [3.05, 3.63) is 56.5 Å². The first-order valence-electron chi connectivity index (χ1n) is 8.49. The van der Waals surface area contributed by atoms with Crippen molar-refractivity contribution in [1.29, 1.82) is 0 Å². The number of rotatable bonds is 5. The lowest BCUT2D eigenvalue weighted by atomic mass is 10.1. The van der Waals surface area contributed by atoms with Crippen molar-refractivity contribution in [2.24, 2.45) is 0 Å². The van der Waals surface area contributed by atoms with Crippen molar-refractivity contribution >= 4 is 50.7 Å². The number of nitrogens with zero attached hydrogens (tertiary/aromatic N) is 1. The van der Waals surface area contributed by atoms with E-state index in [0.717, 1.165) is 15.7 Å². The lowest BCUT2D eigenvalue weighted by molar-refractivity contribution is -0.180. The molecule has 2 aromatic carbocycles. The van der Waals surface area contributed by atoms with Crippen molar-refractivity contribution in [1.82, 2.24) is 0 Å². The zero-order valence-corrected chi connectivity index (χ0v) is 17.3. The van der Waals surface area contributed by atoms with Gasteiger partial charge in [0.05, 0.1) is 30.5 Å². The van der Waals surface area contributed by atoms with Crippen molar-refractivity contribution < 1.29 is 19.0 Å². The molecular weight excluding hydrogens is 457 g/mol. The standard InChI is InChI=1S/C19H16BrCl2NO4/c20-12-2-4-16-14(10-12)19(26-8-9-27-19)18(24)23(16)6-1-7-25-17-5-3-13(21)11-15(17)22/h2-5,10-11H,1,6-9H2. The molecule has 142 valence electrons. The maximum atomic E-state index is 13.0. The fourth-order valence-electron chi connectivity index (χ4n) is 3.32. The Morgan fingerprint density at radius 1 is 1.15 bits per heavy atom. The number of benzene rings is 2. The molecule has 2 aromatic rings. The van der Waals surface area contributed by atoms with E-state index in [2.05, 4.69) is 15.9 Å². The number of fused-ring (bicyclic) bond motifs is 2. The van der Waals surface area contributed by atoms with Crippen LogP contribution in [0.3, 0.4) is 0 Å². The zero-order chi connectivity index (χ0) is 19.0. The average molecular weight is 473 g/mol. The predicted molar refractivity (Wildman–Crippen MR) is 107 cm³/mol. The lowest BCUT2D eigenvalue weighted by Crippen LogP contribution is -2.41. The molecule has 0 aliphatic carbocycles. The van der Waals surface area contributed by atoms with Crippen LogP contribution < -0.4 is 9.64 Å². The minimum Gasteiger partial charge on any atom is -0.492 e. The molecule has 4 rings (SSSR count). The van der Waals surface area contributed by atoms with Gasteiger partial charge in [-0.3, -0.25) is 4.79 Å². The molecule has 0 bridgehead atoms. The van der Waals surface area contributed by atoms with Gasteiger partial charge in [0.25, 0.3) is 11.7 Å². The van der Waals surface area contributed by atoms with Gasteiger partial charge < -0.3 is 19.1 Å². The van der Waals surface area contributed by atoms with Gasteiger partial charge >= 0.3 is 0 Å². The monoisotopic (exact) mass is 471 g/mol. The summed E-state index contributed by atoms with van der Waals surface area (Å²) in [6.45, 7) is 1.67. The highest BCUT2D eigenvalue weighted by Crippen LogP contribution is 2.46. The van der Waals surface area contributed by atoms with E-state index in [1.165, 1.54) is 0 Å². The number of ether oxygens (including phenoxy) is 3. The molecule has 27 heavy (non-hydrogen) atoms. The summed E-state index contributed by atoms with van der Waals surface area (Å²) < 4.78 is 18.0. The van der Waals surface area contributed by atoms with Crippen LogP contribution in [0.4, 0.5) is 5.69 Å². The van der Waals surface area contributed by atoms with E-state index < -0.39 is 5.79 Å². The van der Waals surface area contributed by atoms with Crippen LogP contribution in [-0.2, 0) is 20.1 Å². The highest BCUT2D eigenvalue weighted by atomic mass is 79.9. The number of hydrogen-bond donors (Lipinski definition) is 0. The summed E-state index contributed by atoms with van der Waals surface area (Å²) in [5.74, 6) is -0.950. The van der Waals surface area contributed by atoms with E-state index in [9.17, 15) is 4.79 Å². The molecule has 1 fully saturated rings. The normalized spacial score (nSPS) is 17.6. The Hall–Kier alpha value is -1.31. The average Bonchev–Trinajstić information content (AvgIpc) is 3.21. The second-order valence-electron chi connectivity index (χ2n) is 6.21. The van der Waals surface area contributed by atoms with Crippen molar-refractivity contribution in [3.8, 4) is 5.75 Å². The van der Waals surface area contributed by atoms with Crippen molar-refractivity contribution in [2.45, 2.75) is 12.2 Å². The molecule has 8 heteroatoms. The number of anilines is 1. The molecule has 0 unspecified atom stereocenters. The molecule has 0 saturated carbocycles. The van der Waals surface area contributed by atoms with E-state index in [0.29, 0.717) is 48.6 Å². The summed E-state index contributed by atoms with van der Waals surface area (Å²) in [7, 11) is 0. The molecule has 1 spiro atoms. The fraction of sp³-hybridized carbons (Fsp3) is 0.316. The molecule has 0 N–H and O–H groups in total. The molecule has 2 aliphatic heterocycles. The van der Waals surface area contributed by atoms with Crippen LogP contribution in [-0.4, -0.2) is 32.3 Å². The van der Waals surface area contributed by atoms with Gasteiger partial charge in [-0.2, -0.15) is 0 Å². The maximum absolute atomic E-state index is 13.0. The third kappa shape index (κ3) is 3.45. The Morgan fingerprint density at radius 2 is 1.93 bits per heavy atom. The van der Waals surface area contributed by atoms with Crippen LogP contribution in [0.1, 0.15) is 12.0 Å².